The monoisotopic (exact) mass is 251 g/mol. The highest BCUT2D eigenvalue weighted by molar-refractivity contribution is 6.36. The van der Waals surface area contributed by atoms with Crippen LogP contribution in [0, 0.1) is 0 Å². The predicted octanol–water partition coefficient (Wildman–Crippen LogP) is 1.77. The summed E-state index contributed by atoms with van der Waals surface area (Å²) in [6, 6.07) is 0. The van der Waals surface area contributed by atoms with Gasteiger partial charge >= 0.3 is 9.53 Å². The van der Waals surface area contributed by atoms with Crippen LogP contribution in [0.15, 0.2) is 0 Å². The molecule has 0 radical (unpaired) electrons. The van der Waals surface area contributed by atoms with Gasteiger partial charge in [-0.2, -0.15) is 0 Å². The highest BCUT2D eigenvalue weighted by atomic mass is 28.3. The summed E-state index contributed by atoms with van der Waals surface area (Å²) in [5, 5.41) is 0. The molecule has 0 bridgehead atoms. The van der Waals surface area contributed by atoms with Crippen LogP contribution in [0.5, 0.6) is 0 Å². The first-order chi connectivity index (χ1) is 7.69. The largest absolute Gasteiger partial charge is 0.483 e. The molecule has 0 aromatic carbocycles. The van der Waals surface area contributed by atoms with Crippen LogP contribution in [-0.2, 0) is 13.3 Å². The van der Waals surface area contributed by atoms with E-state index < -0.39 is 9.53 Å². The van der Waals surface area contributed by atoms with E-state index in [0.29, 0.717) is 0 Å². The number of nitrogens with zero attached hydrogens (tertiary/aromatic N) is 1. The summed E-state index contributed by atoms with van der Waals surface area (Å²) >= 11 is 0. The first-order valence-corrected chi connectivity index (χ1v) is 7.42. The molecule has 0 heterocycles. The van der Waals surface area contributed by atoms with Crippen molar-refractivity contribution in [3.8, 4) is 0 Å². The van der Waals surface area contributed by atoms with E-state index in [0.717, 1.165) is 0 Å². The molecule has 0 unspecified atom stereocenters. The van der Waals surface area contributed by atoms with E-state index in [1.165, 1.54) is 32.5 Å². The van der Waals surface area contributed by atoms with Gasteiger partial charge in [-0.3, -0.25) is 0 Å². The second-order valence-electron chi connectivity index (χ2n) is 3.43. The maximum absolute atomic E-state index is 4.74. The molecule has 0 saturated carbocycles. The second kappa shape index (κ2) is 15.1. The molecule has 0 amide bonds. The second-order valence-corrected chi connectivity index (χ2v) is 5.42. The van der Waals surface area contributed by atoms with Gasteiger partial charge in [-0.1, -0.05) is 20.8 Å². The Bertz CT molecular complexity index is 112. The molecule has 0 aliphatic rings. The SMILES string of the molecule is CCCN(CC)CCC.CO[SiH](OC)OC. The van der Waals surface area contributed by atoms with Gasteiger partial charge in [0.05, 0.1) is 0 Å². The van der Waals surface area contributed by atoms with Gasteiger partial charge in [-0.05, 0) is 32.5 Å². The quantitative estimate of drug-likeness (QED) is 0.615. The Morgan fingerprint density at radius 1 is 0.812 bits per heavy atom. The minimum absolute atomic E-state index is 1.21. The van der Waals surface area contributed by atoms with Crippen molar-refractivity contribution < 1.29 is 13.3 Å². The molecule has 100 valence electrons. The third kappa shape index (κ3) is 12.1. The molecule has 16 heavy (non-hydrogen) atoms. The van der Waals surface area contributed by atoms with Gasteiger partial charge in [0, 0.05) is 21.3 Å². The van der Waals surface area contributed by atoms with E-state index in [1.54, 1.807) is 21.3 Å². The Morgan fingerprint density at radius 2 is 1.19 bits per heavy atom. The summed E-state index contributed by atoms with van der Waals surface area (Å²) in [5.74, 6) is 0. The molecule has 0 rings (SSSR count). The Labute approximate surface area is 103 Å². The average molecular weight is 251 g/mol. The van der Waals surface area contributed by atoms with E-state index in [2.05, 4.69) is 25.7 Å². The highest BCUT2D eigenvalue weighted by Crippen LogP contribution is 1.91. The lowest BCUT2D eigenvalue weighted by Crippen LogP contribution is -2.24. The fourth-order valence-corrected chi connectivity index (χ4v) is 1.93. The lowest BCUT2D eigenvalue weighted by Gasteiger charge is -2.17. The molecular formula is C11H29NO3Si. The van der Waals surface area contributed by atoms with Crippen molar-refractivity contribution in [3.63, 3.8) is 0 Å². The van der Waals surface area contributed by atoms with E-state index in [4.69, 9.17) is 13.3 Å². The summed E-state index contributed by atoms with van der Waals surface area (Å²) in [7, 11) is 3.05. The van der Waals surface area contributed by atoms with Crippen molar-refractivity contribution in [1.82, 2.24) is 4.90 Å². The van der Waals surface area contributed by atoms with Gasteiger partial charge in [0.15, 0.2) is 0 Å². The highest BCUT2D eigenvalue weighted by Gasteiger charge is 2.04. The average Bonchev–Trinajstić information content (AvgIpc) is 2.32. The van der Waals surface area contributed by atoms with Gasteiger partial charge in [-0.25, -0.2) is 0 Å². The molecule has 0 aliphatic heterocycles. The van der Waals surface area contributed by atoms with Crippen molar-refractivity contribution in [3.05, 3.63) is 0 Å². The van der Waals surface area contributed by atoms with Crippen molar-refractivity contribution in [2.24, 2.45) is 0 Å². The van der Waals surface area contributed by atoms with Crippen LogP contribution in [0.2, 0.25) is 0 Å². The van der Waals surface area contributed by atoms with Crippen molar-refractivity contribution in [2.45, 2.75) is 33.6 Å². The number of rotatable bonds is 8. The van der Waals surface area contributed by atoms with Crippen LogP contribution < -0.4 is 0 Å². The third-order valence-corrected chi connectivity index (χ3v) is 3.26. The maximum Gasteiger partial charge on any atom is 0.483 e. The summed E-state index contributed by atoms with van der Waals surface area (Å²) < 4.78 is 14.2. The molecule has 0 N–H and O–H groups in total. The molecule has 0 atom stereocenters. The normalized spacial score (nSPS) is 10.5. The molecule has 0 saturated heterocycles. The number of hydrogen-bond acceptors (Lipinski definition) is 4. The van der Waals surface area contributed by atoms with Gasteiger partial charge in [-0.15, -0.1) is 0 Å². The fraction of sp³-hybridized carbons (Fsp3) is 1.00. The Balaban J connectivity index is 0. The van der Waals surface area contributed by atoms with Crippen LogP contribution in [0.3, 0.4) is 0 Å². The first kappa shape index (κ1) is 18.4. The van der Waals surface area contributed by atoms with Gasteiger partial charge in [0.2, 0.25) is 0 Å². The van der Waals surface area contributed by atoms with Crippen molar-refractivity contribution >= 4 is 9.53 Å². The van der Waals surface area contributed by atoms with E-state index in [9.17, 15) is 0 Å². The van der Waals surface area contributed by atoms with E-state index in [1.807, 2.05) is 0 Å². The lowest BCUT2D eigenvalue weighted by molar-refractivity contribution is 0.163. The Morgan fingerprint density at radius 3 is 1.31 bits per heavy atom. The summed E-state index contributed by atoms with van der Waals surface area (Å²) in [6.45, 7) is 10.4. The fourth-order valence-electron chi connectivity index (χ4n) is 1.35. The first-order valence-electron chi connectivity index (χ1n) is 6.00. The van der Waals surface area contributed by atoms with Crippen LogP contribution >= 0.6 is 0 Å². The zero-order chi connectivity index (χ0) is 12.8. The van der Waals surface area contributed by atoms with Crippen molar-refractivity contribution in [2.75, 3.05) is 41.0 Å². The van der Waals surface area contributed by atoms with E-state index >= 15 is 0 Å². The topological polar surface area (TPSA) is 30.9 Å². The molecular weight excluding hydrogens is 222 g/mol. The Kier molecular flexibility index (Phi) is 17.3. The summed E-state index contributed by atoms with van der Waals surface area (Å²) in [6.07, 6.45) is 2.57. The molecule has 0 aromatic rings. The molecule has 0 aliphatic carbocycles. The smallest absolute Gasteiger partial charge is 0.379 e. The molecule has 4 nitrogen and oxygen atoms in total. The summed E-state index contributed by atoms with van der Waals surface area (Å²) in [4.78, 5) is 2.49. The minimum atomic E-state index is -1.67. The van der Waals surface area contributed by atoms with Gasteiger partial charge < -0.3 is 18.2 Å². The van der Waals surface area contributed by atoms with Crippen LogP contribution in [0.1, 0.15) is 33.6 Å². The lowest BCUT2D eigenvalue weighted by atomic mass is 10.3. The number of hydrogen-bond donors (Lipinski definition) is 0. The minimum Gasteiger partial charge on any atom is -0.379 e. The molecule has 0 fully saturated rings. The van der Waals surface area contributed by atoms with Crippen LogP contribution in [0.25, 0.3) is 0 Å². The zero-order valence-electron chi connectivity index (χ0n) is 11.8. The van der Waals surface area contributed by atoms with Gasteiger partial charge in [0.25, 0.3) is 0 Å². The molecule has 0 aromatic heterocycles. The summed E-state index contributed by atoms with van der Waals surface area (Å²) in [5.41, 5.74) is 0. The van der Waals surface area contributed by atoms with Crippen molar-refractivity contribution in [1.29, 1.82) is 0 Å². The van der Waals surface area contributed by atoms with Gasteiger partial charge in [0.1, 0.15) is 0 Å². The predicted molar refractivity (Wildman–Crippen MR) is 70.9 cm³/mol. The third-order valence-electron chi connectivity index (χ3n) is 2.10. The maximum atomic E-state index is 4.74. The van der Waals surface area contributed by atoms with Crippen LogP contribution in [-0.4, -0.2) is 55.4 Å². The molecule has 0 spiro atoms. The van der Waals surface area contributed by atoms with E-state index in [-0.39, 0.29) is 0 Å². The molecule has 5 heteroatoms. The van der Waals surface area contributed by atoms with Crippen LogP contribution in [0.4, 0.5) is 0 Å². The standard InChI is InChI=1S/C8H19N.C3H10O3Si/c1-4-7-9(6-3)8-5-2;1-4-7(5-2)6-3/h4-8H2,1-3H3;7H,1-3H3. The zero-order valence-corrected chi connectivity index (χ0v) is 12.9. The Hall–Kier alpha value is 0.0569.